The van der Waals surface area contributed by atoms with E-state index in [9.17, 15) is 4.79 Å². The van der Waals surface area contributed by atoms with E-state index in [1.165, 1.54) is 5.56 Å². The number of esters is 1. The van der Waals surface area contributed by atoms with E-state index in [1.807, 2.05) is 19.1 Å². The number of aryl methyl sites for hydroxylation is 1. The van der Waals surface area contributed by atoms with Gasteiger partial charge in [-0.25, -0.2) is 0 Å². The van der Waals surface area contributed by atoms with Crippen molar-refractivity contribution in [2.75, 3.05) is 6.61 Å². The zero-order valence-electron chi connectivity index (χ0n) is 10.8. The third-order valence-corrected chi connectivity index (χ3v) is 3.67. The second-order valence-corrected chi connectivity index (χ2v) is 4.78. The van der Waals surface area contributed by atoms with Gasteiger partial charge >= 0.3 is 5.97 Å². The highest BCUT2D eigenvalue weighted by Gasteiger charge is 2.53. The van der Waals surface area contributed by atoms with Crippen LogP contribution in [0.2, 0.25) is 0 Å². The van der Waals surface area contributed by atoms with Crippen molar-refractivity contribution in [2.24, 2.45) is 17.8 Å². The summed E-state index contributed by atoms with van der Waals surface area (Å²) >= 11 is 0. The first-order chi connectivity index (χ1) is 8.77. The Balaban J connectivity index is 1.86. The normalized spacial score (nSPS) is 25.5. The number of ether oxygens (including phenoxy) is 1. The second kappa shape index (κ2) is 5.85. The minimum absolute atomic E-state index is 0.0474. The zero-order chi connectivity index (χ0) is 13.0. The van der Waals surface area contributed by atoms with Crippen LogP contribution in [0.3, 0.4) is 0 Å². The van der Waals surface area contributed by atoms with Gasteiger partial charge in [-0.1, -0.05) is 36.4 Å². The van der Waals surface area contributed by atoms with Crippen LogP contribution in [-0.2, 0) is 16.0 Å². The summed E-state index contributed by atoms with van der Waals surface area (Å²) in [5, 5.41) is 0. The lowest BCUT2D eigenvalue weighted by molar-refractivity contribution is -0.145. The lowest BCUT2D eigenvalue weighted by Crippen LogP contribution is -2.08. The molecule has 0 radical (unpaired) electrons. The molecular formula is C16H20O2. The van der Waals surface area contributed by atoms with Crippen molar-refractivity contribution >= 4 is 5.97 Å². The lowest BCUT2D eigenvalue weighted by Gasteiger charge is -2.01. The van der Waals surface area contributed by atoms with Crippen molar-refractivity contribution in [3.8, 4) is 0 Å². The van der Waals surface area contributed by atoms with Crippen molar-refractivity contribution < 1.29 is 9.53 Å². The first-order valence-electron chi connectivity index (χ1n) is 6.61. The van der Waals surface area contributed by atoms with Gasteiger partial charge in [0.25, 0.3) is 0 Å². The van der Waals surface area contributed by atoms with Crippen LogP contribution >= 0.6 is 0 Å². The zero-order valence-corrected chi connectivity index (χ0v) is 10.8. The SMILES string of the molecule is C=C[C@@H]1[C@@H](CCc2ccccc2)[C@@H]1C(=O)OCC. The average molecular weight is 244 g/mol. The van der Waals surface area contributed by atoms with Gasteiger partial charge in [-0.15, -0.1) is 6.58 Å². The van der Waals surface area contributed by atoms with E-state index < -0.39 is 0 Å². The quantitative estimate of drug-likeness (QED) is 0.567. The number of carbonyl (C=O) groups excluding carboxylic acids is 1. The molecule has 0 heterocycles. The molecule has 2 nitrogen and oxygen atoms in total. The van der Waals surface area contributed by atoms with Gasteiger partial charge in [0.2, 0.25) is 0 Å². The van der Waals surface area contributed by atoms with E-state index in [-0.39, 0.29) is 11.9 Å². The van der Waals surface area contributed by atoms with Gasteiger partial charge in [0.15, 0.2) is 0 Å². The number of carbonyl (C=O) groups is 1. The standard InChI is InChI=1S/C16H20O2/c1-3-13-14(15(13)16(17)18-4-2)11-10-12-8-6-5-7-9-12/h3,5-9,13-15H,1,4,10-11H2,2H3/t13-,14-,15-/m1/s1. The fourth-order valence-corrected chi connectivity index (χ4v) is 2.64. The van der Waals surface area contributed by atoms with Crippen molar-refractivity contribution in [3.63, 3.8) is 0 Å². The molecule has 3 atom stereocenters. The fourth-order valence-electron chi connectivity index (χ4n) is 2.64. The van der Waals surface area contributed by atoms with Crippen LogP contribution in [0.5, 0.6) is 0 Å². The van der Waals surface area contributed by atoms with Gasteiger partial charge in [0.1, 0.15) is 0 Å². The highest BCUT2D eigenvalue weighted by atomic mass is 16.5. The van der Waals surface area contributed by atoms with Gasteiger partial charge in [0.05, 0.1) is 12.5 Å². The van der Waals surface area contributed by atoms with Gasteiger partial charge in [0, 0.05) is 0 Å². The Hall–Kier alpha value is -1.57. The molecule has 0 spiro atoms. The molecule has 0 aromatic heterocycles. The first-order valence-corrected chi connectivity index (χ1v) is 6.61. The summed E-state index contributed by atoms with van der Waals surface area (Å²) in [6.45, 7) is 6.13. The Kier molecular flexibility index (Phi) is 4.19. The molecule has 18 heavy (non-hydrogen) atoms. The average Bonchev–Trinajstić information content (AvgIpc) is 3.11. The van der Waals surface area contributed by atoms with Crippen molar-refractivity contribution in [1.82, 2.24) is 0 Å². The van der Waals surface area contributed by atoms with Crippen LogP contribution in [0.4, 0.5) is 0 Å². The monoisotopic (exact) mass is 244 g/mol. The third kappa shape index (κ3) is 2.81. The maximum atomic E-state index is 11.7. The van der Waals surface area contributed by atoms with Gasteiger partial charge in [-0.05, 0) is 37.2 Å². The van der Waals surface area contributed by atoms with E-state index in [2.05, 4.69) is 30.8 Å². The predicted molar refractivity (Wildman–Crippen MR) is 72.1 cm³/mol. The van der Waals surface area contributed by atoms with Gasteiger partial charge in [-0.3, -0.25) is 4.79 Å². The highest BCUT2D eigenvalue weighted by Crippen LogP contribution is 2.50. The summed E-state index contributed by atoms with van der Waals surface area (Å²) in [7, 11) is 0. The number of hydrogen-bond acceptors (Lipinski definition) is 2. The summed E-state index contributed by atoms with van der Waals surface area (Å²) in [6.07, 6.45) is 3.95. The van der Waals surface area contributed by atoms with Gasteiger partial charge in [-0.2, -0.15) is 0 Å². The molecule has 0 amide bonds. The van der Waals surface area contributed by atoms with Crippen LogP contribution in [0.25, 0.3) is 0 Å². The lowest BCUT2D eigenvalue weighted by atomic mass is 10.1. The Morgan fingerprint density at radius 3 is 2.72 bits per heavy atom. The first kappa shape index (κ1) is 12.9. The summed E-state index contributed by atoms with van der Waals surface area (Å²) in [4.78, 5) is 11.7. The number of allylic oxidation sites excluding steroid dienone is 1. The largest absolute Gasteiger partial charge is 0.466 e. The molecule has 1 aromatic carbocycles. The second-order valence-electron chi connectivity index (χ2n) is 4.78. The molecule has 1 fully saturated rings. The van der Waals surface area contributed by atoms with Crippen molar-refractivity contribution in [1.29, 1.82) is 0 Å². The van der Waals surface area contributed by atoms with E-state index in [0.717, 1.165) is 12.8 Å². The minimum Gasteiger partial charge on any atom is -0.466 e. The Bertz CT molecular complexity index is 410. The number of hydrogen-bond donors (Lipinski definition) is 0. The highest BCUT2D eigenvalue weighted by molar-refractivity contribution is 5.77. The van der Waals surface area contributed by atoms with E-state index in [0.29, 0.717) is 18.4 Å². The molecule has 1 aliphatic carbocycles. The maximum Gasteiger partial charge on any atom is 0.309 e. The molecule has 1 aromatic rings. The molecule has 1 saturated carbocycles. The topological polar surface area (TPSA) is 26.3 Å². The van der Waals surface area contributed by atoms with Crippen LogP contribution in [0.1, 0.15) is 18.9 Å². The molecule has 0 aliphatic heterocycles. The molecule has 0 bridgehead atoms. The molecule has 1 aliphatic rings. The van der Waals surface area contributed by atoms with Crippen LogP contribution in [-0.4, -0.2) is 12.6 Å². The molecule has 96 valence electrons. The van der Waals surface area contributed by atoms with E-state index in [4.69, 9.17) is 4.74 Å². The summed E-state index contributed by atoms with van der Waals surface area (Å²) in [5.41, 5.74) is 1.33. The van der Waals surface area contributed by atoms with Gasteiger partial charge < -0.3 is 4.74 Å². The summed E-state index contributed by atoms with van der Waals surface area (Å²) in [5.74, 6) is 0.723. The summed E-state index contributed by atoms with van der Waals surface area (Å²) in [6, 6.07) is 10.4. The smallest absolute Gasteiger partial charge is 0.309 e. The van der Waals surface area contributed by atoms with E-state index in [1.54, 1.807) is 0 Å². The molecule has 2 heteroatoms. The van der Waals surface area contributed by atoms with Crippen LogP contribution in [0, 0.1) is 17.8 Å². The van der Waals surface area contributed by atoms with Crippen molar-refractivity contribution in [3.05, 3.63) is 48.6 Å². The van der Waals surface area contributed by atoms with Crippen LogP contribution < -0.4 is 0 Å². The maximum absolute atomic E-state index is 11.7. The van der Waals surface area contributed by atoms with E-state index >= 15 is 0 Å². The van der Waals surface area contributed by atoms with Crippen LogP contribution in [0.15, 0.2) is 43.0 Å². The molecule has 0 unspecified atom stereocenters. The Labute approximate surface area is 109 Å². The third-order valence-electron chi connectivity index (χ3n) is 3.67. The Morgan fingerprint density at radius 1 is 1.39 bits per heavy atom. The Morgan fingerprint density at radius 2 is 2.11 bits per heavy atom. The minimum atomic E-state index is -0.0551. The molecule has 2 rings (SSSR count). The summed E-state index contributed by atoms with van der Waals surface area (Å²) < 4.78 is 5.09. The molecule has 0 saturated heterocycles. The molecule has 0 N–H and O–H groups in total. The van der Waals surface area contributed by atoms with Crippen molar-refractivity contribution in [2.45, 2.75) is 19.8 Å². The number of rotatable bonds is 6. The fraction of sp³-hybridized carbons (Fsp3) is 0.438. The predicted octanol–water partition coefficient (Wildman–Crippen LogP) is 3.23. The number of benzene rings is 1. The molecular weight excluding hydrogens is 224 g/mol.